The van der Waals surface area contributed by atoms with Gasteiger partial charge in [0.05, 0.1) is 49.3 Å². The van der Waals surface area contributed by atoms with Crippen LogP contribution in [0.4, 0.5) is 50.5 Å². The largest absolute Gasteiger partial charge is 0.310 e. The Morgan fingerprint density at radius 1 is 0.461 bits per heavy atom. The molecule has 0 unspecified atom stereocenters. The van der Waals surface area contributed by atoms with E-state index in [2.05, 4.69) is 13.8 Å². The number of benzene rings is 7. The van der Waals surface area contributed by atoms with Gasteiger partial charge >= 0.3 is 0 Å². The van der Waals surface area contributed by atoms with Gasteiger partial charge in [0.15, 0.2) is 0 Å². The van der Waals surface area contributed by atoms with Crippen LogP contribution in [0.15, 0.2) is 145 Å². The van der Waals surface area contributed by atoms with E-state index in [9.17, 15) is 31.5 Å². The molecule has 1 fully saturated rings. The smallest absolute Gasteiger partial charge is 0.266 e. The topological polar surface area (TPSA) is 9.72 Å². The van der Waals surface area contributed by atoms with Crippen LogP contribution < -0.4 is 30.4 Å². The van der Waals surface area contributed by atoms with E-state index >= 15 is 0 Å². The first-order chi connectivity index (χ1) is 46.0. The average molecular weight is 1060 g/mol. The summed E-state index contributed by atoms with van der Waals surface area (Å²) in [7, 11) is 0. The summed E-state index contributed by atoms with van der Waals surface area (Å²) in [4.78, 5) is 3.20. The van der Waals surface area contributed by atoms with E-state index < -0.39 is 194 Å². The lowest BCUT2D eigenvalue weighted by atomic mass is 9.36. The highest BCUT2D eigenvalue weighted by atomic mass is 32.1. The maximum absolute atomic E-state index is 11.4. The number of thiophene rings is 2. The number of para-hydroxylation sites is 1. The normalized spacial score (nSPS) is 23.4. The quantitative estimate of drug-likeness (QED) is 0.159. The summed E-state index contributed by atoms with van der Waals surface area (Å²) in [6.45, 7) is 23.2. The molecule has 6 heteroatoms. The average Bonchev–Trinajstić information content (AvgIpc) is 1.38. The van der Waals surface area contributed by atoms with Crippen molar-refractivity contribution in [1.82, 2.24) is 0 Å². The second kappa shape index (κ2) is 16.7. The molecule has 4 heterocycles. The number of anilines is 9. The molecule has 0 spiro atoms. The summed E-state index contributed by atoms with van der Waals surface area (Å²) in [5.41, 5.74) is -8.98. The predicted octanol–water partition coefficient (Wildman–Crippen LogP) is 19.0. The van der Waals surface area contributed by atoms with Crippen molar-refractivity contribution in [3.63, 3.8) is 0 Å². The number of rotatable bonds is 5. The van der Waals surface area contributed by atoms with Gasteiger partial charge < -0.3 is 14.7 Å². The fourth-order valence-corrected chi connectivity index (χ4v) is 13.8. The van der Waals surface area contributed by atoms with Crippen LogP contribution in [0.5, 0.6) is 0 Å². The Hall–Kier alpha value is -6.08. The predicted molar refractivity (Wildman–Crippen MR) is 334 cm³/mol. The molecular formula is C70H74BN3S2. The molecule has 384 valence electrons. The number of hydrogen-bond acceptors (Lipinski definition) is 5. The van der Waals surface area contributed by atoms with Crippen LogP contribution in [-0.4, -0.2) is 6.71 Å². The third-order valence-corrected chi connectivity index (χ3v) is 18.2. The molecule has 3 nitrogen and oxygen atoms in total. The van der Waals surface area contributed by atoms with Crippen molar-refractivity contribution in [3.8, 4) is 0 Å². The maximum atomic E-state index is 11.4. The molecule has 14 rings (SSSR count). The summed E-state index contributed by atoms with van der Waals surface area (Å²) in [5.74, 6) is 0. The van der Waals surface area contributed by atoms with Gasteiger partial charge in [-0.3, -0.25) is 0 Å². The number of nitrogens with zero attached hydrogens (tertiary/aromatic N) is 3. The zero-order chi connectivity index (χ0) is 74.1. The molecular weight excluding hydrogens is 958 g/mol. The molecule has 2 aromatic heterocycles. The minimum absolute atomic E-state index is 0.00756. The van der Waals surface area contributed by atoms with Gasteiger partial charge in [-0.25, -0.2) is 0 Å². The molecule has 1 saturated carbocycles. The lowest BCUT2D eigenvalue weighted by molar-refractivity contribution is 0.188. The molecule has 76 heavy (non-hydrogen) atoms. The van der Waals surface area contributed by atoms with Gasteiger partial charge in [0.1, 0.15) is 0 Å². The second-order valence-electron chi connectivity index (χ2n) is 25.7. The Bertz CT molecular complexity index is 5140. The fraction of sp³-hybridized carbons (Fsp3) is 0.343. The van der Waals surface area contributed by atoms with Crippen LogP contribution in [-0.2, 0) is 32.5 Å². The van der Waals surface area contributed by atoms with Crippen molar-refractivity contribution in [3.05, 3.63) is 178 Å². The molecule has 5 aliphatic rings. The Morgan fingerprint density at radius 2 is 0.921 bits per heavy atom. The van der Waals surface area contributed by atoms with E-state index in [-0.39, 0.29) is 99.0 Å². The van der Waals surface area contributed by atoms with Gasteiger partial charge in [-0.1, -0.05) is 163 Å². The molecule has 7 aromatic carbocycles. The van der Waals surface area contributed by atoms with Crippen molar-refractivity contribution in [1.29, 1.82) is 0 Å². The Labute approximate surface area is 495 Å². The maximum Gasteiger partial charge on any atom is 0.266 e. The van der Waals surface area contributed by atoms with Crippen molar-refractivity contribution < 1.29 is 32.9 Å². The van der Waals surface area contributed by atoms with Crippen LogP contribution in [0, 0.1) is 0 Å². The van der Waals surface area contributed by atoms with Crippen molar-refractivity contribution in [2.45, 2.75) is 155 Å². The van der Waals surface area contributed by atoms with Crippen molar-refractivity contribution in [2.24, 2.45) is 0 Å². The first-order valence-electron chi connectivity index (χ1n) is 38.1. The zero-order valence-corrected chi connectivity index (χ0v) is 47.2. The van der Waals surface area contributed by atoms with Gasteiger partial charge in [-0.2, -0.15) is 0 Å². The van der Waals surface area contributed by atoms with Crippen LogP contribution in [0.25, 0.3) is 20.2 Å². The second-order valence-corrected chi connectivity index (χ2v) is 27.8. The molecule has 0 atom stereocenters. The molecule has 3 aliphatic carbocycles. The summed E-state index contributed by atoms with van der Waals surface area (Å²) in [6, 6.07) is -15.4. The molecule has 0 radical (unpaired) electrons. The highest BCUT2D eigenvalue weighted by Crippen LogP contribution is 2.59. The van der Waals surface area contributed by atoms with Crippen LogP contribution in [0.1, 0.15) is 189 Å². The summed E-state index contributed by atoms with van der Waals surface area (Å²) in [5, 5.41) is 0.0164. The van der Waals surface area contributed by atoms with E-state index in [0.717, 1.165) is 27.6 Å². The SMILES string of the molecule is [2H]c1c([2H])c([2H])c(N(c2c([2H])c([2H])c(C(C)(C)C)c([2H])c2[2H])c2c([2H])c3c4c(c2[2H])N(c2c([2H])c([2H])c(C(C)(C)C)c([2H])c2[2H])c2c(sc5c([2H])c6c(c([2H])c25)C2(C)CCC6(C)CC2)B4c2c(sc4c([2H])c(C(C)(C)C)c([2H])c([2H])c24)N3c2c([2H])c([2H])c(C(C)(C)C)c([2H])c2[2H])c([2H])c1[2H]. The molecule has 0 N–H and O–H groups in total. The number of hydrogen-bond donors (Lipinski definition) is 0. The monoisotopic (exact) mass is 1060 g/mol. The van der Waals surface area contributed by atoms with Gasteiger partial charge in [-0.15, -0.1) is 22.7 Å². The van der Waals surface area contributed by atoms with E-state index in [1.165, 1.54) is 9.80 Å². The minimum atomic E-state index is -1.51. The van der Waals surface area contributed by atoms with E-state index in [0.29, 0.717) is 36.8 Å². The van der Waals surface area contributed by atoms with Crippen LogP contribution in [0.2, 0.25) is 0 Å². The fourth-order valence-electron chi connectivity index (χ4n) is 11.3. The number of fused-ring (bicyclic) bond motifs is 10. The van der Waals surface area contributed by atoms with E-state index in [1.807, 2.05) is 0 Å². The third-order valence-electron chi connectivity index (χ3n) is 15.9. The lowest BCUT2D eigenvalue weighted by Crippen LogP contribution is -2.60. The summed E-state index contributed by atoms with van der Waals surface area (Å²) < 4.78 is 243. The first-order valence-corrected chi connectivity index (χ1v) is 27.7. The van der Waals surface area contributed by atoms with Crippen LogP contribution >= 0.6 is 22.7 Å². The Balaban J connectivity index is 1.39. The standard InChI is InChI=1S/C70H74BN3S2/c1-65(2,3)43-20-27-48(28-21-43)72(47-18-16-15-17-19-47)51-39-56-61-57(40-51)74(50-31-24-45(25-32-50)67(7,8)9)64-60(52-33-26-46(68(10,11)12)38-58(52)76-64)71(61)63-62(73(56)49-29-22-44(23-30-49)66(4,5)6)53-41-54-55(42-59(53)75-63)70(14)36-34-69(54,13)35-37-70/h15-33,38-42H,34-37H2,1-14H3/i15D,16D,17D,18D,19D,20D,21D,22D,23D,24D,25D,26D,27D,28D,29D,30D,31D,32D,33D,38D,39D,40D,41D,42D. The highest BCUT2D eigenvalue weighted by Gasteiger charge is 2.51. The van der Waals surface area contributed by atoms with E-state index in [1.54, 1.807) is 83.1 Å². The van der Waals surface area contributed by atoms with Gasteiger partial charge in [-0.05, 0) is 186 Å². The van der Waals surface area contributed by atoms with Crippen molar-refractivity contribution >= 4 is 116 Å². The molecule has 2 bridgehead atoms. The Kier molecular flexibility index (Phi) is 6.51. The van der Waals surface area contributed by atoms with Crippen molar-refractivity contribution in [2.75, 3.05) is 14.7 Å². The summed E-state index contributed by atoms with van der Waals surface area (Å²) >= 11 is 1.92. The minimum Gasteiger partial charge on any atom is -0.310 e. The Morgan fingerprint density at radius 3 is 1.46 bits per heavy atom. The summed E-state index contributed by atoms with van der Waals surface area (Å²) in [6.07, 6.45) is 2.65. The molecule has 0 saturated heterocycles. The highest BCUT2D eigenvalue weighted by molar-refractivity contribution is 7.35. The van der Waals surface area contributed by atoms with E-state index in [4.69, 9.17) is 1.37 Å². The first kappa shape index (κ1) is 29.6. The third kappa shape index (κ3) is 7.69. The van der Waals surface area contributed by atoms with Gasteiger partial charge in [0.2, 0.25) is 0 Å². The lowest BCUT2D eigenvalue weighted by Gasteiger charge is -2.52. The molecule has 0 amide bonds. The van der Waals surface area contributed by atoms with Crippen LogP contribution in [0.3, 0.4) is 0 Å². The van der Waals surface area contributed by atoms with Gasteiger partial charge in [0.25, 0.3) is 6.71 Å². The van der Waals surface area contributed by atoms with Gasteiger partial charge in [0, 0.05) is 53.7 Å². The molecule has 2 aliphatic heterocycles. The zero-order valence-electron chi connectivity index (χ0n) is 69.6. The molecule has 9 aromatic rings.